The van der Waals surface area contributed by atoms with Gasteiger partial charge >= 0.3 is 6.09 Å². The van der Waals surface area contributed by atoms with Crippen molar-refractivity contribution in [3.05, 3.63) is 54.6 Å². The number of amides is 4. The number of alkyl carbamates (subject to hydrolysis) is 1. The van der Waals surface area contributed by atoms with Crippen molar-refractivity contribution in [1.29, 1.82) is 0 Å². The number of carbonyl (C=O) groups is 4. The molecule has 2 bridgehead atoms. The molecule has 7 atom stereocenters. The second kappa shape index (κ2) is 17.1. The number of aromatic nitrogens is 1. The van der Waals surface area contributed by atoms with Gasteiger partial charge in [-0.05, 0) is 108 Å². The van der Waals surface area contributed by atoms with E-state index in [-0.39, 0.29) is 37.3 Å². The fraction of sp³-hybridized carbons (Fsp3) is 0.614. The molecule has 15 heteroatoms. The van der Waals surface area contributed by atoms with Gasteiger partial charge in [0, 0.05) is 17.7 Å². The molecule has 1 aromatic carbocycles. The highest BCUT2D eigenvalue weighted by Gasteiger charge is 2.56. The van der Waals surface area contributed by atoms with E-state index in [1.54, 1.807) is 6.08 Å². The van der Waals surface area contributed by atoms with Crippen LogP contribution >= 0.6 is 0 Å². The Labute approximate surface area is 346 Å². The van der Waals surface area contributed by atoms with Crippen LogP contribution in [-0.4, -0.2) is 90.3 Å². The molecule has 4 aliphatic carbocycles. The lowest BCUT2D eigenvalue weighted by molar-refractivity contribution is -0.145. The Morgan fingerprint density at radius 3 is 2.53 bits per heavy atom. The molecular weight excluding hydrogens is 775 g/mol. The van der Waals surface area contributed by atoms with Gasteiger partial charge in [0.15, 0.2) is 0 Å². The number of allylic oxidation sites excluding steroid dienone is 2. The lowest BCUT2D eigenvalue weighted by atomic mass is 9.66. The molecule has 6 aliphatic rings. The van der Waals surface area contributed by atoms with Crippen LogP contribution < -0.4 is 24.8 Å². The summed E-state index contributed by atoms with van der Waals surface area (Å²) < 4.78 is 47.2. The first-order valence-corrected chi connectivity index (χ1v) is 23.2. The van der Waals surface area contributed by atoms with Crippen LogP contribution in [0, 0.1) is 17.8 Å². The molecule has 14 nitrogen and oxygen atoms in total. The molecule has 8 rings (SSSR count). The number of nitrogens with one attached hydrogen (secondary N) is 3. The molecular formula is C44H57N5O9S. The van der Waals surface area contributed by atoms with Crippen molar-refractivity contribution in [2.24, 2.45) is 17.8 Å². The Kier molecular flexibility index (Phi) is 11.9. The second-order valence-electron chi connectivity index (χ2n) is 17.2. The molecule has 59 heavy (non-hydrogen) atoms. The first-order chi connectivity index (χ1) is 28.5. The minimum atomic E-state index is -3.92. The van der Waals surface area contributed by atoms with Gasteiger partial charge in [-0.1, -0.05) is 43.2 Å². The van der Waals surface area contributed by atoms with E-state index in [2.05, 4.69) is 34.1 Å². The van der Waals surface area contributed by atoms with Crippen molar-refractivity contribution in [3.63, 3.8) is 0 Å². The Balaban J connectivity index is 1.17. The van der Waals surface area contributed by atoms with Gasteiger partial charge < -0.3 is 29.7 Å². The summed E-state index contributed by atoms with van der Waals surface area (Å²) in [6.45, 7) is 6.22. The molecule has 318 valence electrons. The Bertz CT molecular complexity index is 2100. The average Bonchev–Trinajstić information content (AvgIpc) is 3.54. The van der Waals surface area contributed by atoms with Crippen molar-refractivity contribution in [2.75, 3.05) is 13.2 Å². The zero-order chi connectivity index (χ0) is 41.3. The summed E-state index contributed by atoms with van der Waals surface area (Å²) in [5.74, 6) is -1.37. The first kappa shape index (κ1) is 41.1. The van der Waals surface area contributed by atoms with Crippen LogP contribution in [-0.2, 0) is 35.6 Å². The predicted molar refractivity (Wildman–Crippen MR) is 220 cm³/mol. The van der Waals surface area contributed by atoms with Crippen LogP contribution in [0.15, 0.2) is 49.1 Å². The Morgan fingerprint density at radius 1 is 1.02 bits per heavy atom. The molecule has 5 fully saturated rings. The van der Waals surface area contributed by atoms with Crippen molar-refractivity contribution >= 4 is 44.7 Å². The predicted octanol–water partition coefficient (Wildman–Crippen LogP) is 5.39. The Morgan fingerprint density at radius 2 is 1.80 bits per heavy atom. The summed E-state index contributed by atoms with van der Waals surface area (Å²) in [6, 6.07) is 5.61. The second-order valence-corrected chi connectivity index (χ2v) is 19.2. The summed E-state index contributed by atoms with van der Waals surface area (Å²) in [5.41, 5.74) is -0.147. The number of fused-ring (bicyclic) bond motifs is 5. The average molecular weight is 832 g/mol. The molecule has 4 amide bonds. The number of benzene rings is 1. The number of hydrogen-bond donors (Lipinski definition) is 3. The van der Waals surface area contributed by atoms with Crippen LogP contribution in [0.2, 0.25) is 0 Å². The maximum Gasteiger partial charge on any atom is 0.408 e. The number of pyridine rings is 1. The number of ether oxygens (including phenoxy) is 3. The fourth-order valence-corrected chi connectivity index (χ4v) is 11.3. The number of nitrogens with zero attached hydrogens (tertiary/aromatic N) is 2. The van der Waals surface area contributed by atoms with Crippen molar-refractivity contribution in [2.45, 2.75) is 138 Å². The Hall–Kier alpha value is -4.66. The van der Waals surface area contributed by atoms with E-state index < -0.39 is 68.7 Å². The SMILES string of the molecule is C=CC1CCC1(NC(=O)C1CC2CN1C(=O)C(C1CCCC1)NC(=O)OC1CCCC1CCC=CCc1c(nc3ccccc3c1OCC)O2)C(=O)NS(=O)(=O)C1CC1. The van der Waals surface area contributed by atoms with Crippen LogP contribution in [0.3, 0.4) is 0 Å². The van der Waals surface area contributed by atoms with Crippen molar-refractivity contribution in [1.82, 2.24) is 25.2 Å². The summed E-state index contributed by atoms with van der Waals surface area (Å²) in [6.07, 6.45) is 13.9. The van der Waals surface area contributed by atoms with Crippen LogP contribution in [0.4, 0.5) is 4.79 Å². The smallest absolute Gasteiger partial charge is 0.408 e. The topological polar surface area (TPSA) is 182 Å². The van der Waals surface area contributed by atoms with Crippen molar-refractivity contribution < 1.29 is 41.8 Å². The molecule has 7 unspecified atom stereocenters. The zero-order valence-corrected chi connectivity index (χ0v) is 34.7. The van der Waals surface area contributed by atoms with E-state index in [0.717, 1.165) is 68.7 Å². The zero-order valence-electron chi connectivity index (χ0n) is 33.9. The summed E-state index contributed by atoms with van der Waals surface area (Å²) in [7, 11) is -3.92. The summed E-state index contributed by atoms with van der Waals surface area (Å²) >= 11 is 0. The van der Waals surface area contributed by atoms with E-state index in [0.29, 0.717) is 49.4 Å². The first-order valence-electron chi connectivity index (χ1n) is 21.7. The minimum absolute atomic E-state index is 0.00450. The molecule has 4 saturated carbocycles. The lowest BCUT2D eigenvalue weighted by Gasteiger charge is -2.47. The number of rotatable bonds is 9. The van der Waals surface area contributed by atoms with E-state index in [1.807, 2.05) is 31.2 Å². The van der Waals surface area contributed by atoms with Gasteiger partial charge in [0.25, 0.3) is 5.91 Å². The summed E-state index contributed by atoms with van der Waals surface area (Å²) in [5, 5.41) is 6.10. The quantitative estimate of drug-likeness (QED) is 0.277. The number of para-hydroxylation sites is 1. The largest absolute Gasteiger partial charge is 0.493 e. The van der Waals surface area contributed by atoms with Gasteiger partial charge in [-0.2, -0.15) is 0 Å². The van der Waals surface area contributed by atoms with Crippen LogP contribution in [0.1, 0.15) is 102 Å². The van der Waals surface area contributed by atoms with Gasteiger partial charge in [-0.25, -0.2) is 18.2 Å². The standard InChI is InChI=1S/C44H57N5O9S/c1-3-29-23-24-44(29,42(52)48-59(54,55)31-21-22-31)47-39(50)35-25-30-26-49(35)41(51)37(28-14-8-9-15-28)46-43(53)58-36-20-12-16-27(36)13-6-5-7-18-33-38(56-4-2)32-17-10-11-19-34(32)45-40(33)57-30/h3,5,7,10-11,17,19,27-31,35-37H,1,4,6,8-9,12-16,18,20-26H2,2H3,(H,46,53)(H,47,50)(H,48,52). The van der Waals surface area contributed by atoms with Gasteiger partial charge in [0.05, 0.1) is 29.5 Å². The maximum absolute atomic E-state index is 15.0. The molecule has 2 aliphatic heterocycles. The normalized spacial score (nSPS) is 30.4. The van der Waals surface area contributed by atoms with Gasteiger partial charge in [0.2, 0.25) is 27.7 Å². The molecule has 1 aromatic heterocycles. The van der Waals surface area contributed by atoms with Gasteiger partial charge in [0.1, 0.15) is 35.6 Å². The van der Waals surface area contributed by atoms with E-state index >= 15 is 4.79 Å². The molecule has 3 heterocycles. The third kappa shape index (κ3) is 8.40. The fourth-order valence-electron chi connectivity index (χ4n) is 9.98. The highest BCUT2D eigenvalue weighted by atomic mass is 32.2. The van der Waals surface area contributed by atoms with Crippen LogP contribution in [0.25, 0.3) is 10.9 Å². The van der Waals surface area contributed by atoms with E-state index in [1.165, 1.54) is 4.90 Å². The van der Waals surface area contributed by atoms with Gasteiger partial charge in [-0.15, -0.1) is 6.58 Å². The minimum Gasteiger partial charge on any atom is -0.493 e. The lowest BCUT2D eigenvalue weighted by Crippen LogP contribution is -2.70. The van der Waals surface area contributed by atoms with Crippen molar-refractivity contribution in [3.8, 4) is 11.6 Å². The number of hydrogen-bond acceptors (Lipinski definition) is 10. The maximum atomic E-state index is 15.0. The third-order valence-corrected chi connectivity index (χ3v) is 15.3. The number of carbonyl (C=O) groups excluding carboxylic acids is 4. The molecule has 0 spiro atoms. The van der Waals surface area contributed by atoms with Gasteiger partial charge in [-0.3, -0.25) is 19.1 Å². The molecule has 0 radical (unpaired) electrons. The number of sulfonamides is 1. The monoisotopic (exact) mass is 831 g/mol. The highest BCUT2D eigenvalue weighted by Crippen LogP contribution is 2.42. The van der Waals surface area contributed by atoms with E-state index in [9.17, 15) is 22.8 Å². The van der Waals surface area contributed by atoms with Crippen LogP contribution in [0.5, 0.6) is 11.6 Å². The molecule has 1 saturated heterocycles. The van der Waals surface area contributed by atoms with E-state index in [4.69, 9.17) is 19.2 Å². The highest BCUT2D eigenvalue weighted by molar-refractivity contribution is 7.91. The summed E-state index contributed by atoms with van der Waals surface area (Å²) in [4.78, 5) is 63.7. The third-order valence-electron chi connectivity index (χ3n) is 13.5. The molecule has 3 N–H and O–H groups in total. The molecule has 2 aromatic rings.